The van der Waals surface area contributed by atoms with Crippen LogP contribution in [0.25, 0.3) is 0 Å². The van der Waals surface area contributed by atoms with E-state index in [4.69, 9.17) is 5.73 Å². The maximum absolute atomic E-state index is 11.3. The zero-order chi connectivity index (χ0) is 15.6. The third-order valence-electron chi connectivity index (χ3n) is 4.46. The Morgan fingerprint density at radius 3 is 1.86 bits per heavy atom. The molecule has 0 aromatic carbocycles. The molecule has 5 heteroatoms. The van der Waals surface area contributed by atoms with Crippen LogP contribution in [-0.2, 0) is 14.6 Å². The molecule has 1 amide bonds. The monoisotopic (exact) mass is 317 g/mol. The van der Waals surface area contributed by atoms with E-state index in [0.29, 0.717) is 23.8 Å². The van der Waals surface area contributed by atoms with Crippen LogP contribution < -0.4 is 5.73 Å². The van der Waals surface area contributed by atoms with E-state index in [-0.39, 0.29) is 5.91 Å². The van der Waals surface area contributed by atoms with E-state index in [1.165, 1.54) is 44.9 Å². The second-order valence-electron chi connectivity index (χ2n) is 6.43. The Labute approximate surface area is 129 Å². The van der Waals surface area contributed by atoms with Gasteiger partial charge in [0.25, 0.3) is 0 Å². The summed E-state index contributed by atoms with van der Waals surface area (Å²) in [6.45, 7) is 0. The zero-order valence-electron chi connectivity index (χ0n) is 13.2. The summed E-state index contributed by atoms with van der Waals surface area (Å²) in [5.74, 6) is 1.26. The maximum Gasteiger partial charge on any atom is 0.217 e. The second-order valence-corrected chi connectivity index (χ2v) is 8.73. The molecule has 1 saturated heterocycles. The molecule has 1 aliphatic rings. The van der Waals surface area contributed by atoms with E-state index in [1.807, 2.05) is 0 Å². The number of unbranched alkanes of at least 4 members (excludes halogenated alkanes) is 7. The predicted octanol–water partition coefficient (Wildman–Crippen LogP) is 3.20. The maximum atomic E-state index is 11.3. The van der Waals surface area contributed by atoms with Crippen molar-refractivity contribution in [2.45, 2.75) is 77.0 Å². The molecular weight excluding hydrogens is 286 g/mol. The first-order chi connectivity index (χ1) is 9.99. The van der Waals surface area contributed by atoms with Gasteiger partial charge >= 0.3 is 0 Å². The van der Waals surface area contributed by atoms with Crippen LogP contribution in [0, 0.1) is 5.92 Å². The molecule has 0 bridgehead atoms. The van der Waals surface area contributed by atoms with E-state index in [0.717, 1.165) is 25.7 Å². The van der Waals surface area contributed by atoms with Crippen molar-refractivity contribution in [2.24, 2.45) is 11.7 Å². The molecule has 1 aliphatic heterocycles. The van der Waals surface area contributed by atoms with Crippen molar-refractivity contribution < 1.29 is 13.2 Å². The highest BCUT2D eigenvalue weighted by Gasteiger charge is 2.22. The summed E-state index contributed by atoms with van der Waals surface area (Å²) >= 11 is 0. The molecule has 0 aromatic heterocycles. The van der Waals surface area contributed by atoms with Crippen molar-refractivity contribution in [1.29, 1.82) is 0 Å². The lowest BCUT2D eigenvalue weighted by Crippen LogP contribution is -2.23. The minimum absolute atomic E-state index is 0.189. The van der Waals surface area contributed by atoms with Crippen molar-refractivity contribution in [3.05, 3.63) is 0 Å². The molecule has 0 unspecified atom stereocenters. The molecule has 4 nitrogen and oxygen atoms in total. The highest BCUT2D eigenvalue weighted by Crippen LogP contribution is 2.24. The number of hydrogen-bond acceptors (Lipinski definition) is 3. The van der Waals surface area contributed by atoms with Gasteiger partial charge in [-0.05, 0) is 25.2 Å². The van der Waals surface area contributed by atoms with Gasteiger partial charge in [-0.3, -0.25) is 4.79 Å². The molecule has 2 N–H and O–H groups in total. The average molecular weight is 317 g/mol. The highest BCUT2D eigenvalue weighted by atomic mass is 32.2. The van der Waals surface area contributed by atoms with Crippen molar-refractivity contribution in [2.75, 3.05) is 11.5 Å². The molecule has 0 spiro atoms. The van der Waals surface area contributed by atoms with E-state index >= 15 is 0 Å². The molecular formula is C16H31NO3S. The van der Waals surface area contributed by atoms with Crippen LogP contribution in [0.15, 0.2) is 0 Å². The van der Waals surface area contributed by atoms with Gasteiger partial charge in [0, 0.05) is 6.42 Å². The van der Waals surface area contributed by atoms with Crippen molar-refractivity contribution >= 4 is 15.7 Å². The highest BCUT2D eigenvalue weighted by molar-refractivity contribution is 7.91. The minimum atomic E-state index is -2.70. The molecule has 1 fully saturated rings. The van der Waals surface area contributed by atoms with Crippen LogP contribution in [0.4, 0.5) is 0 Å². The third-order valence-corrected chi connectivity index (χ3v) is 6.18. The second kappa shape index (κ2) is 10.2. The van der Waals surface area contributed by atoms with E-state index in [9.17, 15) is 13.2 Å². The zero-order valence-corrected chi connectivity index (χ0v) is 14.0. The number of carbonyl (C=O) groups excluding carboxylic acids is 1. The van der Waals surface area contributed by atoms with Crippen LogP contribution in [0.1, 0.15) is 77.0 Å². The molecule has 1 rings (SSSR count). The lowest BCUT2D eigenvalue weighted by atomic mass is 9.95. The third kappa shape index (κ3) is 9.88. The van der Waals surface area contributed by atoms with Gasteiger partial charge in [-0.2, -0.15) is 0 Å². The van der Waals surface area contributed by atoms with Crippen LogP contribution in [0.2, 0.25) is 0 Å². The Balaban J connectivity index is 1.84. The Morgan fingerprint density at radius 2 is 1.33 bits per heavy atom. The Kier molecular flexibility index (Phi) is 8.97. The van der Waals surface area contributed by atoms with Crippen LogP contribution in [0.3, 0.4) is 0 Å². The normalized spacial score (nSPS) is 18.7. The first-order valence-corrected chi connectivity index (χ1v) is 10.3. The summed E-state index contributed by atoms with van der Waals surface area (Å²) in [4.78, 5) is 10.6. The van der Waals surface area contributed by atoms with Gasteiger partial charge in [-0.15, -0.1) is 0 Å². The molecule has 0 aromatic rings. The quantitative estimate of drug-likeness (QED) is 0.594. The van der Waals surface area contributed by atoms with Gasteiger partial charge in [0.2, 0.25) is 5.91 Å². The molecule has 124 valence electrons. The van der Waals surface area contributed by atoms with Gasteiger partial charge < -0.3 is 5.73 Å². The van der Waals surface area contributed by atoms with Crippen molar-refractivity contribution in [1.82, 2.24) is 0 Å². The van der Waals surface area contributed by atoms with Gasteiger partial charge in [-0.1, -0.05) is 51.4 Å². The van der Waals surface area contributed by atoms with Crippen molar-refractivity contribution in [3.63, 3.8) is 0 Å². The Hall–Kier alpha value is -0.580. The van der Waals surface area contributed by atoms with E-state index in [2.05, 4.69) is 0 Å². The molecule has 1 heterocycles. The Bertz CT molecular complexity index is 378. The standard InChI is InChI=1S/C16H31NO3S/c17-16(18)10-8-6-4-2-1-3-5-7-9-15-11-13-21(19,20)14-12-15/h15H,1-14H2,(H2,17,18). The van der Waals surface area contributed by atoms with E-state index < -0.39 is 9.84 Å². The summed E-state index contributed by atoms with van der Waals surface area (Å²) in [6, 6.07) is 0. The van der Waals surface area contributed by atoms with Gasteiger partial charge in [0.05, 0.1) is 11.5 Å². The van der Waals surface area contributed by atoms with Crippen LogP contribution >= 0.6 is 0 Å². The fourth-order valence-corrected chi connectivity index (χ4v) is 4.61. The van der Waals surface area contributed by atoms with Gasteiger partial charge in [-0.25, -0.2) is 8.42 Å². The summed E-state index contributed by atoms with van der Waals surface area (Å²) in [5.41, 5.74) is 5.09. The fourth-order valence-electron chi connectivity index (χ4n) is 3.02. The molecule has 0 radical (unpaired) electrons. The van der Waals surface area contributed by atoms with Gasteiger partial charge in [0.1, 0.15) is 9.84 Å². The molecule has 0 saturated carbocycles. The van der Waals surface area contributed by atoms with Crippen LogP contribution in [-0.4, -0.2) is 25.8 Å². The van der Waals surface area contributed by atoms with Gasteiger partial charge in [0.15, 0.2) is 0 Å². The number of hydrogen-bond donors (Lipinski definition) is 1. The number of sulfone groups is 1. The number of rotatable bonds is 11. The summed E-state index contributed by atoms with van der Waals surface area (Å²) < 4.78 is 22.7. The molecule has 21 heavy (non-hydrogen) atoms. The first-order valence-electron chi connectivity index (χ1n) is 8.48. The summed E-state index contributed by atoms with van der Waals surface area (Å²) in [7, 11) is -2.70. The lowest BCUT2D eigenvalue weighted by Gasteiger charge is -2.21. The van der Waals surface area contributed by atoms with Crippen LogP contribution in [0.5, 0.6) is 0 Å². The number of primary amides is 1. The summed E-state index contributed by atoms with van der Waals surface area (Å²) in [5, 5.41) is 0. The van der Waals surface area contributed by atoms with E-state index in [1.54, 1.807) is 0 Å². The number of carbonyl (C=O) groups is 1. The molecule has 0 atom stereocenters. The Morgan fingerprint density at radius 1 is 0.857 bits per heavy atom. The van der Waals surface area contributed by atoms with Crippen molar-refractivity contribution in [3.8, 4) is 0 Å². The largest absolute Gasteiger partial charge is 0.370 e. The minimum Gasteiger partial charge on any atom is -0.370 e. The molecule has 0 aliphatic carbocycles. The number of nitrogens with two attached hydrogens (primary N) is 1. The fraction of sp³-hybridized carbons (Fsp3) is 0.938. The topological polar surface area (TPSA) is 77.2 Å². The number of amides is 1. The predicted molar refractivity (Wildman–Crippen MR) is 86.7 cm³/mol. The lowest BCUT2D eigenvalue weighted by molar-refractivity contribution is -0.118. The summed E-state index contributed by atoms with van der Waals surface area (Å²) in [6.07, 6.45) is 13.0. The average Bonchev–Trinajstić information content (AvgIpc) is 2.42. The smallest absolute Gasteiger partial charge is 0.217 e. The first kappa shape index (κ1) is 18.5. The SMILES string of the molecule is NC(=O)CCCCCCCCCCC1CCS(=O)(=O)CC1.